The smallest absolute Gasteiger partial charge is 0.0575 e. The van der Waals surface area contributed by atoms with Crippen LogP contribution in [0.3, 0.4) is 0 Å². The Morgan fingerprint density at radius 2 is 1.92 bits per heavy atom. The van der Waals surface area contributed by atoms with Crippen molar-refractivity contribution in [1.29, 1.82) is 0 Å². The molecule has 0 radical (unpaired) electrons. The molecule has 1 heteroatoms. The lowest BCUT2D eigenvalue weighted by Crippen LogP contribution is -2.17. The van der Waals surface area contributed by atoms with Gasteiger partial charge in [-0.05, 0) is 5.54 Å². The van der Waals surface area contributed by atoms with Crippen LogP contribution in [-0.2, 0) is 0 Å². The molecule has 0 amide bonds. The number of benzene rings is 1. The van der Waals surface area contributed by atoms with Gasteiger partial charge in [-0.3, -0.25) is 0 Å². The monoisotopic (exact) mass is 192 g/mol. The normalized spacial score (nSPS) is 13.7. The third-order valence-corrected chi connectivity index (χ3v) is 4.53. The minimum Gasteiger partial charge on any atom is -0.0667 e. The Labute approximate surface area is 84.2 Å². The van der Waals surface area contributed by atoms with Crippen molar-refractivity contribution in [3.63, 3.8) is 0 Å². The molecule has 0 saturated carbocycles. The summed E-state index contributed by atoms with van der Waals surface area (Å²) in [7, 11) is -0.00735. The van der Waals surface area contributed by atoms with Gasteiger partial charge >= 0.3 is 0 Å². The highest BCUT2D eigenvalue weighted by Gasteiger charge is 2.02. The molecule has 0 aromatic heterocycles. The molecule has 0 aliphatic carbocycles. The van der Waals surface area contributed by atoms with E-state index in [1.165, 1.54) is 19.3 Å². The molecule has 1 aromatic carbocycles. The molecule has 0 nitrogen and oxygen atoms in total. The van der Waals surface area contributed by atoms with Crippen LogP contribution in [0.5, 0.6) is 0 Å². The molecule has 72 valence electrons. The molecule has 0 saturated heterocycles. The molecule has 1 atom stereocenters. The van der Waals surface area contributed by atoms with Gasteiger partial charge in [0.05, 0.1) is 9.52 Å². The molecule has 0 bridgehead atoms. The molecule has 13 heavy (non-hydrogen) atoms. The van der Waals surface area contributed by atoms with Crippen molar-refractivity contribution in [2.24, 2.45) is 0 Å². The zero-order valence-electron chi connectivity index (χ0n) is 8.79. The maximum Gasteiger partial charge on any atom is 0.0575 e. The van der Waals surface area contributed by atoms with E-state index >= 15 is 0 Å². The Bertz CT molecular complexity index is 218. The number of unbranched alkanes of at least 4 members (excludes halogenated alkanes) is 1. The summed E-state index contributed by atoms with van der Waals surface area (Å²) in [5.74, 6) is 0. The van der Waals surface area contributed by atoms with E-state index in [9.17, 15) is 0 Å². The topological polar surface area (TPSA) is 0 Å². The Kier molecular flexibility index (Phi) is 4.84. The molecule has 1 rings (SSSR count). The zero-order valence-corrected chi connectivity index (χ0v) is 10.2. The van der Waals surface area contributed by atoms with Crippen molar-refractivity contribution in [3.05, 3.63) is 30.3 Å². The average molecular weight is 192 g/mol. The van der Waals surface area contributed by atoms with E-state index in [4.69, 9.17) is 0 Å². The van der Waals surface area contributed by atoms with Gasteiger partial charge in [0.1, 0.15) is 0 Å². The third kappa shape index (κ3) is 4.27. The Morgan fingerprint density at radius 3 is 2.54 bits per heavy atom. The van der Waals surface area contributed by atoms with E-state index in [0.29, 0.717) is 0 Å². The largest absolute Gasteiger partial charge is 0.0667 e. The van der Waals surface area contributed by atoms with E-state index in [1.807, 2.05) is 0 Å². The highest BCUT2D eigenvalue weighted by molar-refractivity contribution is 6.54. The van der Waals surface area contributed by atoms with Crippen LogP contribution in [0.15, 0.2) is 30.3 Å². The van der Waals surface area contributed by atoms with Crippen molar-refractivity contribution < 1.29 is 0 Å². The third-order valence-electron chi connectivity index (χ3n) is 2.48. The molecule has 0 fully saturated rings. The summed E-state index contributed by atoms with van der Waals surface area (Å²) >= 11 is 0. The van der Waals surface area contributed by atoms with Gasteiger partial charge in [-0.15, -0.1) is 0 Å². The first-order valence-electron chi connectivity index (χ1n) is 5.37. The van der Waals surface area contributed by atoms with E-state index in [-0.39, 0.29) is 9.52 Å². The molecular weight excluding hydrogens is 172 g/mol. The van der Waals surface area contributed by atoms with Gasteiger partial charge in [-0.2, -0.15) is 0 Å². The van der Waals surface area contributed by atoms with Crippen LogP contribution in [0.1, 0.15) is 33.1 Å². The van der Waals surface area contributed by atoms with Crippen LogP contribution in [0.25, 0.3) is 0 Å². The zero-order chi connectivity index (χ0) is 9.52. The Balaban J connectivity index is 2.32. The molecule has 0 heterocycles. The van der Waals surface area contributed by atoms with Crippen LogP contribution >= 0.6 is 0 Å². The fourth-order valence-corrected chi connectivity index (χ4v) is 3.51. The minimum absolute atomic E-state index is 0.00735. The second-order valence-corrected chi connectivity index (χ2v) is 6.56. The van der Waals surface area contributed by atoms with Gasteiger partial charge in [0.2, 0.25) is 0 Å². The first kappa shape index (κ1) is 10.5. The second kappa shape index (κ2) is 5.98. The standard InChI is InChI=1S/C12H20Si/c1-3-4-8-11(2)13-12-9-6-5-7-10-12/h5-7,9-11H,3-4,8,13H2,1-2H3. The van der Waals surface area contributed by atoms with E-state index in [1.54, 1.807) is 5.19 Å². The number of rotatable bonds is 5. The fourth-order valence-electron chi connectivity index (χ4n) is 1.67. The molecular formula is C12H20Si. The lowest BCUT2D eigenvalue weighted by atomic mass is 10.2. The van der Waals surface area contributed by atoms with Crippen LogP contribution in [0.4, 0.5) is 0 Å². The maximum atomic E-state index is 2.41. The summed E-state index contributed by atoms with van der Waals surface area (Å²) in [5.41, 5.74) is 0.974. The molecule has 0 N–H and O–H groups in total. The van der Waals surface area contributed by atoms with Gasteiger partial charge < -0.3 is 0 Å². The molecule has 1 aromatic rings. The average Bonchev–Trinajstić information content (AvgIpc) is 2.16. The molecule has 0 spiro atoms. The van der Waals surface area contributed by atoms with Crippen LogP contribution in [0.2, 0.25) is 5.54 Å². The van der Waals surface area contributed by atoms with Gasteiger partial charge in [-0.25, -0.2) is 0 Å². The Morgan fingerprint density at radius 1 is 1.23 bits per heavy atom. The predicted molar refractivity (Wildman–Crippen MR) is 63.6 cm³/mol. The van der Waals surface area contributed by atoms with Gasteiger partial charge in [0.25, 0.3) is 0 Å². The summed E-state index contributed by atoms with van der Waals surface area (Å²) < 4.78 is 0. The van der Waals surface area contributed by atoms with Gasteiger partial charge in [0.15, 0.2) is 0 Å². The van der Waals surface area contributed by atoms with Crippen molar-refractivity contribution in [2.75, 3.05) is 0 Å². The lowest BCUT2D eigenvalue weighted by molar-refractivity contribution is 0.698. The SMILES string of the molecule is CCCCC(C)[SiH2]c1ccccc1. The second-order valence-electron chi connectivity index (χ2n) is 3.94. The van der Waals surface area contributed by atoms with Gasteiger partial charge in [0, 0.05) is 0 Å². The van der Waals surface area contributed by atoms with Crippen molar-refractivity contribution in [2.45, 2.75) is 38.7 Å². The fraction of sp³-hybridized carbons (Fsp3) is 0.500. The van der Waals surface area contributed by atoms with Crippen LogP contribution < -0.4 is 5.19 Å². The summed E-state index contributed by atoms with van der Waals surface area (Å²) in [6.07, 6.45) is 4.17. The highest BCUT2D eigenvalue weighted by Crippen LogP contribution is 2.11. The summed E-state index contributed by atoms with van der Waals surface area (Å²) in [4.78, 5) is 0. The summed E-state index contributed by atoms with van der Waals surface area (Å²) in [5, 5.41) is 1.62. The first-order chi connectivity index (χ1) is 6.33. The van der Waals surface area contributed by atoms with E-state index in [0.717, 1.165) is 5.54 Å². The first-order valence-corrected chi connectivity index (χ1v) is 6.89. The maximum absolute atomic E-state index is 2.41. The lowest BCUT2D eigenvalue weighted by Gasteiger charge is -2.09. The summed E-state index contributed by atoms with van der Waals surface area (Å²) in [6.45, 7) is 4.69. The van der Waals surface area contributed by atoms with E-state index < -0.39 is 0 Å². The number of hydrogen-bond donors (Lipinski definition) is 0. The van der Waals surface area contributed by atoms with Crippen molar-refractivity contribution in [1.82, 2.24) is 0 Å². The molecule has 1 unspecified atom stereocenters. The Hall–Kier alpha value is -0.563. The molecule has 0 aliphatic heterocycles. The van der Waals surface area contributed by atoms with Crippen molar-refractivity contribution in [3.8, 4) is 0 Å². The van der Waals surface area contributed by atoms with Crippen LogP contribution in [-0.4, -0.2) is 9.52 Å². The summed E-state index contributed by atoms with van der Waals surface area (Å²) in [6, 6.07) is 11.0. The highest BCUT2D eigenvalue weighted by atomic mass is 28.2. The van der Waals surface area contributed by atoms with E-state index in [2.05, 4.69) is 44.2 Å². The van der Waals surface area contributed by atoms with Crippen LogP contribution in [0, 0.1) is 0 Å². The molecule has 0 aliphatic rings. The van der Waals surface area contributed by atoms with Gasteiger partial charge in [-0.1, -0.05) is 68.6 Å². The van der Waals surface area contributed by atoms with Crippen molar-refractivity contribution >= 4 is 14.7 Å². The quantitative estimate of drug-likeness (QED) is 0.629. The number of hydrogen-bond acceptors (Lipinski definition) is 0. The predicted octanol–water partition coefficient (Wildman–Crippen LogP) is 2.48. The minimum atomic E-state index is -0.00735.